The lowest BCUT2D eigenvalue weighted by atomic mass is 10.2. The number of nitrogens with one attached hydrogen (secondary N) is 1. The molecule has 0 spiro atoms. The van der Waals surface area contributed by atoms with Gasteiger partial charge in [0.15, 0.2) is 0 Å². The van der Waals surface area contributed by atoms with Crippen molar-refractivity contribution < 1.29 is 9.53 Å². The maximum atomic E-state index is 11.7. The van der Waals surface area contributed by atoms with Crippen LogP contribution in [0.3, 0.4) is 0 Å². The largest absolute Gasteiger partial charge is 0.461 e. The summed E-state index contributed by atoms with van der Waals surface area (Å²) in [6.07, 6.45) is 0.459. The molecule has 18 heavy (non-hydrogen) atoms. The van der Waals surface area contributed by atoms with Crippen molar-refractivity contribution in [2.24, 2.45) is 0 Å². The van der Waals surface area contributed by atoms with Gasteiger partial charge in [-0.2, -0.15) is 11.8 Å². The Labute approximate surface area is 120 Å². The molecule has 1 aliphatic heterocycles. The lowest BCUT2D eigenvalue weighted by Crippen LogP contribution is -2.39. The van der Waals surface area contributed by atoms with Crippen LogP contribution >= 0.6 is 27.7 Å². The Bertz CT molecular complexity index is 408. The van der Waals surface area contributed by atoms with Crippen LogP contribution in [0.4, 0.5) is 0 Å². The van der Waals surface area contributed by atoms with Gasteiger partial charge in [-0.05, 0) is 17.7 Å². The van der Waals surface area contributed by atoms with Gasteiger partial charge >= 0.3 is 5.97 Å². The third-order valence-electron chi connectivity index (χ3n) is 2.70. The number of thioether (sulfide) groups is 1. The van der Waals surface area contributed by atoms with E-state index >= 15 is 0 Å². The number of ether oxygens (including phenoxy) is 1. The summed E-state index contributed by atoms with van der Waals surface area (Å²) in [6, 6.07) is 8.06. The van der Waals surface area contributed by atoms with E-state index in [0.29, 0.717) is 13.0 Å². The molecule has 1 saturated heterocycles. The van der Waals surface area contributed by atoms with Gasteiger partial charge in [0, 0.05) is 28.6 Å². The van der Waals surface area contributed by atoms with E-state index < -0.39 is 0 Å². The highest BCUT2D eigenvalue weighted by Crippen LogP contribution is 2.14. The van der Waals surface area contributed by atoms with Gasteiger partial charge in [-0.15, -0.1) is 0 Å². The van der Waals surface area contributed by atoms with Crippen molar-refractivity contribution in [2.75, 3.05) is 18.1 Å². The highest BCUT2D eigenvalue weighted by Gasteiger charge is 2.17. The van der Waals surface area contributed by atoms with Crippen LogP contribution in [0.1, 0.15) is 12.0 Å². The van der Waals surface area contributed by atoms with Crippen molar-refractivity contribution in [1.29, 1.82) is 0 Å². The number of carbonyl (C=O) groups excluding carboxylic acids is 1. The minimum atomic E-state index is -0.130. The zero-order chi connectivity index (χ0) is 12.8. The Hall–Kier alpha value is -0.520. The Morgan fingerprint density at radius 3 is 3.17 bits per heavy atom. The van der Waals surface area contributed by atoms with Gasteiger partial charge < -0.3 is 10.1 Å². The van der Waals surface area contributed by atoms with Gasteiger partial charge in [-0.3, -0.25) is 4.79 Å². The zero-order valence-corrected chi connectivity index (χ0v) is 12.4. The fraction of sp³-hybridized carbons (Fsp3) is 0.462. The minimum absolute atomic E-state index is 0.130. The molecular formula is C13H16BrNO2S. The molecule has 2 rings (SSSR count). The molecule has 1 N–H and O–H groups in total. The first-order chi connectivity index (χ1) is 8.74. The highest BCUT2D eigenvalue weighted by molar-refractivity contribution is 9.10. The second-order valence-corrected chi connectivity index (χ2v) is 6.29. The van der Waals surface area contributed by atoms with Crippen LogP contribution in [-0.2, 0) is 16.1 Å². The first-order valence-corrected chi connectivity index (χ1v) is 7.90. The molecule has 0 amide bonds. The topological polar surface area (TPSA) is 38.3 Å². The lowest BCUT2D eigenvalue weighted by Gasteiger charge is -2.22. The number of carbonyl (C=O) groups is 1. The van der Waals surface area contributed by atoms with Crippen LogP contribution in [0.5, 0.6) is 0 Å². The molecule has 1 aromatic carbocycles. The number of esters is 1. The summed E-state index contributed by atoms with van der Waals surface area (Å²) < 4.78 is 6.28. The van der Waals surface area contributed by atoms with Crippen LogP contribution in [0.2, 0.25) is 0 Å². The molecule has 3 nitrogen and oxygen atoms in total. The molecule has 0 radical (unpaired) electrons. The number of halogens is 1. The van der Waals surface area contributed by atoms with Crippen molar-refractivity contribution in [2.45, 2.75) is 19.1 Å². The predicted molar refractivity (Wildman–Crippen MR) is 77.7 cm³/mol. The van der Waals surface area contributed by atoms with E-state index in [2.05, 4.69) is 21.2 Å². The summed E-state index contributed by atoms with van der Waals surface area (Å²) in [5.74, 6) is 1.99. The summed E-state index contributed by atoms with van der Waals surface area (Å²) in [5.41, 5.74) is 1.00. The molecule has 0 bridgehead atoms. The van der Waals surface area contributed by atoms with E-state index in [1.54, 1.807) is 0 Å². The average molecular weight is 330 g/mol. The van der Waals surface area contributed by atoms with Crippen molar-refractivity contribution in [1.82, 2.24) is 5.32 Å². The average Bonchev–Trinajstić information content (AvgIpc) is 2.38. The van der Waals surface area contributed by atoms with E-state index in [0.717, 1.165) is 28.1 Å². The van der Waals surface area contributed by atoms with Crippen LogP contribution in [0, 0.1) is 0 Å². The van der Waals surface area contributed by atoms with Crippen molar-refractivity contribution in [3.8, 4) is 0 Å². The summed E-state index contributed by atoms with van der Waals surface area (Å²) in [6.45, 7) is 1.33. The molecule has 1 fully saturated rings. The second-order valence-electron chi connectivity index (χ2n) is 4.22. The van der Waals surface area contributed by atoms with Gasteiger partial charge in [0.1, 0.15) is 6.61 Å². The Morgan fingerprint density at radius 1 is 1.56 bits per heavy atom. The number of hydrogen-bond acceptors (Lipinski definition) is 4. The van der Waals surface area contributed by atoms with Gasteiger partial charge in [0.05, 0.1) is 6.42 Å². The van der Waals surface area contributed by atoms with Gasteiger partial charge in [-0.25, -0.2) is 0 Å². The maximum Gasteiger partial charge on any atom is 0.307 e. The fourth-order valence-corrected chi connectivity index (χ4v) is 3.20. The normalized spacial score (nSPS) is 19.5. The molecular weight excluding hydrogens is 314 g/mol. The summed E-state index contributed by atoms with van der Waals surface area (Å²) in [5, 5.41) is 3.33. The Balaban J connectivity index is 1.74. The SMILES string of the molecule is O=C(CC1CSCCN1)OCc1cccc(Br)c1. The molecule has 5 heteroatoms. The Morgan fingerprint density at radius 2 is 2.44 bits per heavy atom. The van der Waals surface area contributed by atoms with Gasteiger partial charge in [0.2, 0.25) is 0 Å². The summed E-state index contributed by atoms with van der Waals surface area (Å²) in [4.78, 5) is 11.7. The summed E-state index contributed by atoms with van der Waals surface area (Å²) in [7, 11) is 0. The van der Waals surface area contributed by atoms with Crippen LogP contribution < -0.4 is 5.32 Å². The van der Waals surface area contributed by atoms with Gasteiger partial charge in [-0.1, -0.05) is 28.1 Å². The van der Waals surface area contributed by atoms with Crippen molar-refractivity contribution >= 4 is 33.7 Å². The molecule has 1 aliphatic rings. The number of hydrogen-bond donors (Lipinski definition) is 1. The van der Waals surface area contributed by atoms with E-state index in [1.807, 2.05) is 36.0 Å². The molecule has 0 aromatic heterocycles. The monoisotopic (exact) mass is 329 g/mol. The molecule has 98 valence electrons. The molecule has 1 heterocycles. The van der Waals surface area contributed by atoms with Crippen LogP contribution in [-0.4, -0.2) is 30.1 Å². The van der Waals surface area contributed by atoms with Crippen molar-refractivity contribution in [3.63, 3.8) is 0 Å². The van der Waals surface area contributed by atoms with E-state index in [9.17, 15) is 4.79 Å². The van der Waals surface area contributed by atoms with Crippen molar-refractivity contribution in [3.05, 3.63) is 34.3 Å². The van der Waals surface area contributed by atoms with E-state index in [1.165, 1.54) is 0 Å². The molecule has 1 unspecified atom stereocenters. The number of benzene rings is 1. The molecule has 1 atom stereocenters. The first kappa shape index (κ1) is 13.9. The van der Waals surface area contributed by atoms with E-state index in [-0.39, 0.29) is 12.0 Å². The third-order valence-corrected chi connectivity index (χ3v) is 4.32. The Kier molecular flexibility index (Phi) is 5.53. The minimum Gasteiger partial charge on any atom is -0.461 e. The smallest absolute Gasteiger partial charge is 0.307 e. The third kappa shape index (κ3) is 4.63. The van der Waals surface area contributed by atoms with Crippen LogP contribution in [0.25, 0.3) is 0 Å². The predicted octanol–water partition coefficient (Wildman–Crippen LogP) is 2.59. The van der Waals surface area contributed by atoms with E-state index in [4.69, 9.17) is 4.74 Å². The molecule has 0 saturated carbocycles. The lowest BCUT2D eigenvalue weighted by molar-refractivity contribution is -0.145. The summed E-state index contributed by atoms with van der Waals surface area (Å²) >= 11 is 5.28. The standard InChI is InChI=1S/C13H16BrNO2S/c14-11-3-1-2-10(6-11)8-17-13(16)7-12-9-18-5-4-15-12/h1-3,6,12,15H,4-5,7-9H2. The van der Waals surface area contributed by atoms with Crippen LogP contribution in [0.15, 0.2) is 28.7 Å². The first-order valence-electron chi connectivity index (χ1n) is 5.95. The maximum absolute atomic E-state index is 11.7. The highest BCUT2D eigenvalue weighted by atomic mass is 79.9. The molecule has 0 aliphatic carbocycles. The zero-order valence-electron chi connectivity index (χ0n) is 10.0. The fourth-order valence-electron chi connectivity index (χ4n) is 1.80. The quantitative estimate of drug-likeness (QED) is 0.862. The second kappa shape index (κ2) is 7.16. The van der Waals surface area contributed by atoms with Gasteiger partial charge in [0.25, 0.3) is 0 Å². The number of rotatable bonds is 4. The molecule has 1 aromatic rings.